The third-order valence-electron chi connectivity index (χ3n) is 14.9. The standard InChI is InChI=1S/C52H96N2O6/c1-49(2)38-42(39-50(3,4)53(49)59-43-32-26-20-15-11-9-12-16-21-27-33-43)46(36-30-24-19-25-31-37-47(55)56)48(57)58-45-40-51(5,6)54(52(7,8)41-45)60-44-34-28-22-17-13-10-14-18-23-29-35-44/h42-46H,9-41H2,1-8H3,(H,55,56). The van der Waals surface area contributed by atoms with Gasteiger partial charge in [-0.25, -0.2) is 0 Å². The smallest absolute Gasteiger partial charge is 0.309 e. The molecule has 0 bridgehead atoms. The van der Waals surface area contributed by atoms with Crippen molar-refractivity contribution in [1.82, 2.24) is 10.1 Å². The lowest BCUT2D eigenvalue weighted by Crippen LogP contribution is -2.63. The summed E-state index contributed by atoms with van der Waals surface area (Å²) in [5.41, 5.74) is -1.01. The van der Waals surface area contributed by atoms with Gasteiger partial charge in [0.2, 0.25) is 0 Å². The number of rotatable bonds is 15. The van der Waals surface area contributed by atoms with E-state index in [-0.39, 0.29) is 64.7 Å². The van der Waals surface area contributed by atoms with Gasteiger partial charge in [0.15, 0.2) is 0 Å². The molecule has 2 aliphatic carbocycles. The molecule has 2 aliphatic heterocycles. The lowest BCUT2D eigenvalue weighted by molar-refractivity contribution is -0.318. The minimum absolute atomic E-state index is 0.0172. The molecule has 8 nitrogen and oxygen atoms in total. The maximum Gasteiger partial charge on any atom is 0.309 e. The quantitative estimate of drug-likeness (QED) is 0.129. The third-order valence-corrected chi connectivity index (χ3v) is 14.9. The monoisotopic (exact) mass is 845 g/mol. The highest BCUT2D eigenvalue weighted by Crippen LogP contribution is 2.47. The fourth-order valence-corrected chi connectivity index (χ4v) is 12.2. The molecule has 0 aromatic carbocycles. The van der Waals surface area contributed by atoms with Crippen LogP contribution in [0.1, 0.15) is 267 Å². The van der Waals surface area contributed by atoms with Crippen LogP contribution in [0, 0.1) is 11.8 Å². The largest absolute Gasteiger partial charge is 0.481 e. The van der Waals surface area contributed by atoms with E-state index >= 15 is 0 Å². The first-order valence-corrected chi connectivity index (χ1v) is 25.9. The Labute approximate surface area is 369 Å². The summed E-state index contributed by atoms with van der Waals surface area (Å²) < 4.78 is 6.75. The van der Waals surface area contributed by atoms with Gasteiger partial charge in [0.05, 0.1) is 18.1 Å². The molecule has 8 heteroatoms. The molecule has 0 spiro atoms. The van der Waals surface area contributed by atoms with Crippen LogP contribution >= 0.6 is 0 Å². The van der Waals surface area contributed by atoms with E-state index in [1.165, 1.54) is 116 Å². The van der Waals surface area contributed by atoms with Gasteiger partial charge < -0.3 is 9.84 Å². The number of ether oxygens (including phenoxy) is 1. The minimum Gasteiger partial charge on any atom is -0.481 e. The van der Waals surface area contributed by atoms with Gasteiger partial charge >= 0.3 is 11.9 Å². The van der Waals surface area contributed by atoms with Crippen molar-refractivity contribution in [2.75, 3.05) is 0 Å². The Bertz CT molecular complexity index is 1170. The van der Waals surface area contributed by atoms with E-state index in [2.05, 4.69) is 65.5 Å². The van der Waals surface area contributed by atoms with E-state index in [1.807, 2.05) is 0 Å². The van der Waals surface area contributed by atoms with Crippen LogP contribution in [-0.4, -0.2) is 67.6 Å². The molecule has 350 valence electrons. The van der Waals surface area contributed by atoms with E-state index in [0.717, 1.165) is 89.9 Å². The zero-order valence-electron chi connectivity index (χ0n) is 40.6. The lowest BCUT2D eigenvalue weighted by atomic mass is 9.69. The van der Waals surface area contributed by atoms with E-state index in [1.54, 1.807) is 0 Å². The van der Waals surface area contributed by atoms with Crippen LogP contribution in [0.4, 0.5) is 0 Å². The first kappa shape index (κ1) is 51.4. The average Bonchev–Trinajstić information content (AvgIpc) is 3.13. The molecule has 4 rings (SSSR count). The summed E-state index contributed by atoms with van der Waals surface area (Å²) in [5.74, 6) is -0.722. The second-order valence-electron chi connectivity index (χ2n) is 22.8. The first-order chi connectivity index (χ1) is 28.5. The number of carboxylic acids is 1. The normalized spacial score (nSPS) is 26.1. The molecular weight excluding hydrogens is 749 g/mol. The Balaban J connectivity index is 1.45. The Morgan fingerprint density at radius 3 is 1.20 bits per heavy atom. The zero-order valence-corrected chi connectivity index (χ0v) is 40.6. The number of esters is 1. The molecule has 2 heterocycles. The Morgan fingerprint density at radius 1 is 0.483 bits per heavy atom. The maximum atomic E-state index is 14.8. The predicted molar refractivity (Wildman–Crippen MR) is 247 cm³/mol. The molecule has 2 saturated carbocycles. The maximum absolute atomic E-state index is 14.8. The first-order valence-electron chi connectivity index (χ1n) is 25.9. The average molecular weight is 845 g/mol. The van der Waals surface area contributed by atoms with Crippen molar-refractivity contribution in [2.24, 2.45) is 11.8 Å². The van der Waals surface area contributed by atoms with Gasteiger partial charge in [-0.3, -0.25) is 19.3 Å². The highest BCUT2D eigenvalue weighted by molar-refractivity contribution is 5.73. The fraction of sp³-hybridized carbons (Fsp3) is 0.962. The number of aliphatic carboxylic acids is 1. The summed E-state index contributed by atoms with van der Waals surface area (Å²) >= 11 is 0. The van der Waals surface area contributed by atoms with Crippen molar-refractivity contribution in [3.05, 3.63) is 0 Å². The molecular formula is C52H96N2O6. The van der Waals surface area contributed by atoms with Crippen LogP contribution in [0.5, 0.6) is 0 Å². The van der Waals surface area contributed by atoms with Crippen LogP contribution in [0.15, 0.2) is 0 Å². The third kappa shape index (κ3) is 17.4. The molecule has 0 aromatic heterocycles. The summed E-state index contributed by atoms with van der Waals surface area (Å²) in [6.07, 6.45) is 37.6. The predicted octanol–water partition coefficient (Wildman–Crippen LogP) is 14.5. The lowest BCUT2D eigenvalue weighted by Gasteiger charge is -2.56. The van der Waals surface area contributed by atoms with Crippen LogP contribution in [0.2, 0.25) is 0 Å². The minimum atomic E-state index is -0.718. The number of carboxylic acid groups (broad SMARTS) is 1. The number of nitrogens with zero attached hydrogens (tertiary/aromatic N) is 2. The fourth-order valence-electron chi connectivity index (χ4n) is 12.2. The van der Waals surface area contributed by atoms with Crippen LogP contribution in [-0.2, 0) is 24.0 Å². The van der Waals surface area contributed by atoms with E-state index in [4.69, 9.17) is 19.5 Å². The van der Waals surface area contributed by atoms with Crippen LogP contribution in [0.25, 0.3) is 0 Å². The van der Waals surface area contributed by atoms with E-state index < -0.39 is 5.97 Å². The van der Waals surface area contributed by atoms with Crippen molar-refractivity contribution in [1.29, 1.82) is 0 Å². The number of carbonyl (C=O) groups excluding carboxylic acids is 1. The number of hydrogen-bond donors (Lipinski definition) is 1. The van der Waals surface area contributed by atoms with Crippen molar-refractivity contribution in [3.63, 3.8) is 0 Å². The van der Waals surface area contributed by atoms with Crippen LogP contribution < -0.4 is 0 Å². The summed E-state index contributed by atoms with van der Waals surface area (Å²) in [6, 6.07) is 0. The number of unbranched alkanes of at least 4 members (excludes halogenated alkanes) is 4. The Hall–Kier alpha value is -1.22. The molecule has 4 aliphatic rings. The summed E-state index contributed by atoms with van der Waals surface area (Å²) in [5, 5.41) is 13.8. The molecule has 60 heavy (non-hydrogen) atoms. The van der Waals surface area contributed by atoms with Crippen molar-refractivity contribution in [2.45, 2.75) is 308 Å². The second kappa shape index (κ2) is 25.3. The van der Waals surface area contributed by atoms with Gasteiger partial charge in [-0.15, -0.1) is 0 Å². The van der Waals surface area contributed by atoms with Gasteiger partial charge in [0.25, 0.3) is 0 Å². The molecule has 1 atom stereocenters. The molecule has 1 N–H and O–H groups in total. The molecule has 2 saturated heterocycles. The highest BCUT2D eigenvalue weighted by Gasteiger charge is 2.52. The highest BCUT2D eigenvalue weighted by atomic mass is 16.7. The van der Waals surface area contributed by atoms with E-state index in [9.17, 15) is 9.59 Å². The Kier molecular flexibility index (Phi) is 21.7. The zero-order chi connectivity index (χ0) is 43.7. The van der Waals surface area contributed by atoms with Crippen molar-refractivity contribution in [3.8, 4) is 0 Å². The van der Waals surface area contributed by atoms with Gasteiger partial charge in [-0.2, -0.15) is 10.1 Å². The van der Waals surface area contributed by atoms with Gasteiger partial charge in [0, 0.05) is 41.4 Å². The Morgan fingerprint density at radius 2 is 0.817 bits per heavy atom. The SMILES string of the molecule is CC1(C)CC(OC(=O)C(CCCCCCCC(=O)O)C2CC(C)(C)N(OC3CCCCCCCCCCC3)C(C)(C)C2)CC(C)(C)N1OC1CCCCCCCCCCC1. The molecule has 4 fully saturated rings. The van der Waals surface area contributed by atoms with E-state index in [0.29, 0.717) is 0 Å². The summed E-state index contributed by atoms with van der Waals surface area (Å²) in [6.45, 7) is 18.5. The van der Waals surface area contributed by atoms with Gasteiger partial charge in [-0.1, -0.05) is 141 Å². The number of carbonyl (C=O) groups is 2. The van der Waals surface area contributed by atoms with Gasteiger partial charge in [-0.05, 0) is 113 Å². The second-order valence-corrected chi connectivity index (χ2v) is 22.8. The molecule has 1 unspecified atom stereocenters. The number of piperidine rings is 2. The van der Waals surface area contributed by atoms with Crippen molar-refractivity contribution < 1.29 is 29.1 Å². The summed E-state index contributed by atoms with van der Waals surface area (Å²) in [7, 11) is 0. The number of hydrogen-bond acceptors (Lipinski definition) is 7. The molecule has 0 amide bonds. The molecule has 0 aromatic rings. The summed E-state index contributed by atoms with van der Waals surface area (Å²) in [4.78, 5) is 40.1. The van der Waals surface area contributed by atoms with Crippen LogP contribution in [0.3, 0.4) is 0 Å². The topological polar surface area (TPSA) is 88.5 Å². The molecule has 0 radical (unpaired) electrons. The van der Waals surface area contributed by atoms with Gasteiger partial charge in [0.1, 0.15) is 6.10 Å². The number of hydroxylamine groups is 4. The van der Waals surface area contributed by atoms with Crippen molar-refractivity contribution >= 4 is 11.9 Å².